The Kier molecular flexibility index (Phi) is 5.74. The highest BCUT2D eigenvalue weighted by atomic mass is 79.9. The zero-order valence-electron chi connectivity index (χ0n) is 15.4. The molecule has 0 fully saturated rings. The van der Waals surface area contributed by atoms with E-state index in [9.17, 15) is 9.18 Å². The topological polar surface area (TPSA) is 35.5 Å². The Bertz CT molecular complexity index is 1110. The number of carbonyl (C=O) groups is 1. The maximum atomic E-state index is 13.0. The van der Waals surface area contributed by atoms with Crippen molar-refractivity contribution < 1.29 is 18.7 Å². The number of Topliss-reactive ketones (excluding diaryl/α,β-unsaturated/α-hetero) is 1. The number of hydrogen-bond donors (Lipinski definition) is 0. The lowest BCUT2D eigenvalue weighted by atomic mass is 10.1. The van der Waals surface area contributed by atoms with E-state index in [-0.39, 0.29) is 18.2 Å². The third kappa shape index (κ3) is 4.23. The van der Waals surface area contributed by atoms with Crippen LogP contribution < -0.4 is 9.47 Å². The first-order valence-corrected chi connectivity index (χ1v) is 10.4. The van der Waals surface area contributed by atoms with Crippen molar-refractivity contribution in [2.24, 2.45) is 0 Å². The number of benzene rings is 3. The average molecular weight is 471 g/mol. The SMILES string of the molecule is COc1cc(/C=C2/Sc3ccccc3C2=O)c(Br)cc1OCc1ccc(F)cc1. The zero-order chi connectivity index (χ0) is 20.4. The first kappa shape index (κ1) is 19.7. The predicted molar refractivity (Wildman–Crippen MR) is 116 cm³/mol. The summed E-state index contributed by atoms with van der Waals surface area (Å²) < 4.78 is 25.2. The van der Waals surface area contributed by atoms with E-state index in [1.165, 1.54) is 23.9 Å². The predicted octanol–water partition coefficient (Wildman–Crippen LogP) is 6.51. The highest BCUT2D eigenvalue weighted by molar-refractivity contribution is 9.10. The van der Waals surface area contributed by atoms with Crippen LogP contribution in [0.15, 0.2) is 74.9 Å². The second kappa shape index (κ2) is 8.43. The number of ketones is 1. The fraction of sp³-hybridized carbons (Fsp3) is 0.0870. The molecule has 0 radical (unpaired) electrons. The van der Waals surface area contributed by atoms with Crippen molar-refractivity contribution in [3.63, 3.8) is 0 Å². The van der Waals surface area contributed by atoms with Gasteiger partial charge in [0.25, 0.3) is 0 Å². The van der Waals surface area contributed by atoms with E-state index in [1.807, 2.05) is 42.5 Å². The molecule has 3 aromatic carbocycles. The highest BCUT2D eigenvalue weighted by Crippen LogP contribution is 2.42. The van der Waals surface area contributed by atoms with Gasteiger partial charge in [0.15, 0.2) is 11.5 Å². The molecule has 3 aromatic rings. The van der Waals surface area contributed by atoms with E-state index < -0.39 is 0 Å². The van der Waals surface area contributed by atoms with Crippen LogP contribution >= 0.6 is 27.7 Å². The molecule has 6 heteroatoms. The Morgan fingerprint density at radius 3 is 2.55 bits per heavy atom. The lowest BCUT2D eigenvalue weighted by molar-refractivity contribution is 0.104. The minimum Gasteiger partial charge on any atom is -0.493 e. The minimum absolute atomic E-state index is 0.0214. The maximum Gasteiger partial charge on any atom is 0.200 e. The molecule has 3 nitrogen and oxygen atoms in total. The smallest absolute Gasteiger partial charge is 0.200 e. The second-order valence-electron chi connectivity index (χ2n) is 6.38. The van der Waals surface area contributed by atoms with E-state index in [1.54, 1.807) is 19.2 Å². The van der Waals surface area contributed by atoms with Gasteiger partial charge < -0.3 is 9.47 Å². The van der Waals surface area contributed by atoms with Gasteiger partial charge in [0.1, 0.15) is 12.4 Å². The summed E-state index contributed by atoms with van der Waals surface area (Å²) in [6, 6.07) is 17.4. The summed E-state index contributed by atoms with van der Waals surface area (Å²) in [5.74, 6) is 0.843. The van der Waals surface area contributed by atoms with Gasteiger partial charge in [-0.1, -0.05) is 52.0 Å². The summed E-state index contributed by atoms with van der Waals surface area (Å²) in [5, 5.41) is 0. The molecular weight excluding hydrogens is 455 g/mol. The van der Waals surface area contributed by atoms with Gasteiger partial charge in [0, 0.05) is 14.9 Å². The standard InChI is InChI=1S/C23H16BrFO3S/c1-27-19-10-15(11-22-23(26)17-4-2-3-5-21(17)29-22)18(24)12-20(19)28-13-14-6-8-16(25)9-7-14/h2-12H,13H2,1H3/b22-11+. The summed E-state index contributed by atoms with van der Waals surface area (Å²) >= 11 is 5.02. The van der Waals surface area contributed by atoms with Crippen molar-refractivity contribution in [2.45, 2.75) is 11.5 Å². The Balaban J connectivity index is 1.58. The zero-order valence-corrected chi connectivity index (χ0v) is 17.8. The van der Waals surface area contributed by atoms with Crippen LogP contribution in [-0.4, -0.2) is 12.9 Å². The maximum absolute atomic E-state index is 13.0. The number of ether oxygens (including phenoxy) is 2. The number of allylic oxidation sites excluding steroid dienone is 1. The van der Waals surface area contributed by atoms with E-state index in [2.05, 4.69) is 15.9 Å². The largest absolute Gasteiger partial charge is 0.493 e. The summed E-state index contributed by atoms with van der Waals surface area (Å²) in [6.07, 6.45) is 1.85. The molecule has 0 unspecified atom stereocenters. The quantitative estimate of drug-likeness (QED) is 0.398. The summed E-state index contributed by atoms with van der Waals surface area (Å²) in [5.41, 5.74) is 2.40. The molecule has 4 rings (SSSR count). The number of methoxy groups -OCH3 is 1. The monoisotopic (exact) mass is 470 g/mol. The Morgan fingerprint density at radius 1 is 1.07 bits per heavy atom. The van der Waals surface area contributed by atoms with Gasteiger partial charge >= 0.3 is 0 Å². The fourth-order valence-electron chi connectivity index (χ4n) is 2.95. The number of rotatable bonds is 5. The molecule has 0 atom stereocenters. The fourth-order valence-corrected chi connectivity index (χ4v) is 4.43. The molecule has 1 aliphatic rings. The molecule has 0 aromatic heterocycles. The summed E-state index contributed by atoms with van der Waals surface area (Å²) in [4.78, 5) is 14.3. The van der Waals surface area contributed by atoms with Crippen LogP contribution in [0, 0.1) is 5.82 Å². The van der Waals surface area contributed by atoms with E-state index in [0.717, 1.165) is 26.1 Å². The van der Waals surface area contributed by atoms with Crippen molar-refractivity contribution in [1.82, 2.24) is 0 Å². The second-order valence-corrected chi connectivity index (χ2v) is 8.31. The first-order chi connectivity index (χ1) is 14.0. The van der Waals surface area contributed by atoms with Gasteiger partial charge in [-0.3, -0.25) is 4.79 Å². The Hall–Kier alpha value is -2.57. The molecule has 146 valence electrons. The molecule has 1 heterocycles. The van der Waals surface area contributed by atoms with Crippen LogP contribution in [0.5, 0.6) is 11.5 Å². The van der Waals surface area contributed by atoms with Crippen molar-refractivity contribution in [1.29, 1.82) is 0 Å². The van der Waals surface area contributed by atoms with Gasteiger partial charge in [-0.05, 0) is 53.6 Å². The van der Waals surface area contributed by atoms with Gasteiger partial charge in [0.05, 0.1) is 12.0 Å². The van der Waals surface area contributed by atoms with Crippen LogP contribution in [0.25, 0.3) is 6.08 Å². The van der Waals surface area contributed by atoms with Gasteiger partial charge in [-0.2, -0.15) is 0 Å². The molecule has 0 aliphatic carbocycles. The highest BCUT2D eigenvalue weighted by Gasteiger charge is 2.25. The molecule has 1 aliphatic heterocycles. The molecule has 0 saturated heterocycles. The number of hydrogen-bond acceptors (Lipinski definition) is 4. The number of fused-ring (bicyclic) bond motifs is 1. The van der Waals surface area contributed by atoms with Crippen LogP contribution in [0.1, 0.15) is 21.5 Å². The summed E-state index contributed by atoms with van der Waals surface area (Å²) in [7, 11) is 1.57. The molecule has 0 spiro atoms. The van der Waals surface area contributed by atoms with Crippen molar-refractivity contribution >= 4 is 39.6 Å². The van der Waals surface area contributed by atoms with E-state index in [4.69, 9.17) is 9.47 Å². The van der Waals surface area contributed by atoms with Gasteiger partial charge in [-0.15, -0.1) is 0 Å². The van der Waals surface area contributed by atoms with Gasteiger partial charge in [-0.25, -0.2) is 4.39 Å². The normalized spacial score (nSPS) is 14.2. The van der Waals surface area contributed by atoms with Crippen LogP contribution in [0.3, 0.4) is 0 Å². The molecule has 0 saturated carbocycles. The Labute approximate surface area is 180 Å². The number of carbonyl (C=O) groups excluding carboxylic acids is 1. The molecule has 29 heavy (non-hydrogen) atoms. The van der Waals surface area contributed by atoms with Crippen LogP contribution in [-0.2, 0) is 6.61 Å². The molecule has 0 bridgehead atoms. The minimum atomic E-state index is -0.284. The average Bonchev–Trinajstić information content (AvgIpc) is 3.05. The van der Waals surface area contributed by atoms with Crippen LogP contribution in [0.2, 0.25) is 0 Å². The van der Waals surface area contributed by atoms with Crippen molar-refractivity contribution in [2.75, 3.05) is 7.11 Å². The van der Waals surface area contributed by atoms with E-state index in [0.29, 0.717) is 16.4 Å². The van der Waals surface area contributed by atoms with Gasteiger partial charge in [0.2, 0.25) is 5.78 Å². The third-order valence-corrected chi connectivity index (χ3v) is 6.24. The summed E-state index contributed by atoms with van der Waals surface area (Å²) in [6.45, 7) is 0.285. The molecular formula is C23H16BrFO3S. The molecule has 0 amide bonds. The van der Waals surface area contributed by atoms with Crippen molar-refractivity contribution in [3.05, 3.63) is 92.5 Å². The molecule has 0 N–H and O–H groups in total. The van der Waals surface area contributed by atoms with E-state index >= 15 is 0 Å². The first-order valence-electron chi connectivity index (χ1n) is 8.83. The lowest BCUT2D eigenvalue weighted by Gasteiger charge is -2.13. The van der Waals surface area contributed by atoms with Crippen molar-refractivity contribution in [3.8, 4) is 11.5 Å². The van der Waals surface area contributed by atoms with Crippen LogP contribution in [0.4, 0.5) is 4.39 Å². The Morgan fingerprint density at radius 2 is 1.83 bits per heavy atom. The third-order valence-electron chi connectivity index (χ3n) is 4.45. The number of thioether (sulfide) groups is 1. The number of halogens is 2. The lowest BCUT2D eigenvalue weighted by Crippen LogP contribution is -1.99.